The highest BCUT2D eigenvalue weighted by atomic mass is 35.5. The second kappa shape index (κ2) is 7.95. The minimum absolute atomic E-state index is 0.192. The molecule has 0 saturated heterocycles. The molecule has 0 rings (SSSR count). The van der Waals surface area contributed by atoms with Gasteiger partial charge in [0.1, 0.15) is 0 Å². The topological polar surface area (TPSA) is 46.5 Å². The quantitative estimate of drug-likeness (QED) is 0.557. The van der Waals surface area contributed by atoms with Crippen molar-refractivity contribution in [2.24, 2.45) is 0 Å². The van der Waals surface area contributed by atoms with Gasteiger partial charge in [-0.3, -0.25) is 0 Å². The third-order valence-electron chi connectivity index (χ3n) is 1.04. The van der Waals surface area contributed by atoms with Crippen molar-refractivity contribution in [1.29, 1.82) is 0 Å². The van der Waals surface area contributed by atoms with Crippen LogP contribution in [0.4, 0.5) is 0 Å². The molecule has 0 aliphatic carbocycles. The molecule has 0 spiro atoms. The second-order valence-electron chi connectivity index (χ2n) is 2.15. The maximum absolute atomic E-state index is 9.99. The highest BCUT2D eigenvalue weighted by Gasteiger charge is 1.95. The van der Waals surface area contributed by atoms with Crippen molar-refractivity contribution in [3.05, 3.63) is 23.9 Å². The van der Waals surface area contributed by atoms with Gasteiger partial charge in [0, 0.05) is 5.54 Å². The van der Waals surface area contributed by atoms with Gasteiger partial charge in [-0.05, 0) is 12.5 Å². The minimum atomic E-state index is -1.01. The highest BCUT2D eigenvalue weighted by molar-refractivity contribution is 6.27. The Balaban J connectivity index is 3.46. The van der Waals surface area contributed by atoms with Gasteiger partial charge < -0.3 is 9.84 Å². The van der Waals surface area contributed by atoms with Crippen LogP contribution in [-0.2, 0) is 9.53 Å². The molecule has 0 aliphatic rings. The number of carboxylic acid groups (broad SMARTS) is 1. The predicted octanol–water partition coefficient (Wildman–Crippen LogP) is 2.35. The van der Waals surface area contributed by atoms with Crippen molar-refractivity contribution >= 4 is 29.2 Å². The van der Waals surface area contributed by atoms with Crippen LogP contribution >= 0.6 is 23.2 Å². The van der Waals surface area contributed by atoms with Gasteiger partial charge in [-0.2, -0.15) is 0 Å². The fourth-order valence-corrected chi connectivity index (χ4v) is 0.956. The first-order chi connectivity index (χ1) is 6.16. The Morgan fingerprint density at radius 1 is 1.62 bits per heavy atom. The lowest BCUT2D eigenvalue weighted by molar-refractivity contribution is -0.140. The molecule has 0 heterocycles. The summed E-state index contributed by atoms with van der Waals surface area (Å²) in [6.07, 6.45) is 5.11. The first-order valence-electron chi connectivity index (χ1n) is 3.56. The van der Waals surface area contributed by atoms with E-state index in [1.807, 2.05) is 0 Å². The summed E-state index contributed by atoms with van der Waals surface area (Å²) >= 11 is 11.0. The molecule has 0 aromatic rings. The fourth-order valence-electron chi connectivity index (χ4n) is 0.530. The van der Waals surface area contributed by atoms with E-state index in [4.69, 9.17) is 28.3 Å². The monoisotopic (exact) mass is 224 g/mol. The molecule has 0 fully saturated rings. The SMILES string of the molecule is O=C(O)CO/C=C/CC(Cl)/C=C/Cl. The zero-order valence-corrected chi connectivity index (χ0v) is 8.33. The zero-order chi connectivity index (χ0) is 10.1. The highest BCUT2D eigenvalue weighted by Crippen LogP contribution is 2.05. The van der Waals surface area contributed by atoms with Crippen LogP contribution in [0.2, 0.25) is 0 Å². The molecule has 0 saturated carbocycles. The van der Waals surface area contributed by atoms with Crippen LogP contribution in [0, 0.1) is 0 Å². The molecule has 0 aromatic carbocycles. The second-order valence-corrected chi connectivity index (χ2v) is 2.96. The molecule has 5 heteroatoms. The standard InChI is InChI=1S/C8H10Cl2O3/c9-4-3-7(10)2-1-5-13-6-8(11)12/h1,3-5,7H,2,6H2,(H,11,12)/b4-3+,5-1+. The Hall–Kier alpha value is -0.670. The molecule has 1 unspecified atom stereocenters. The smallest absolute Gasteiger partial charge is 0.341 e. The predicted molar refractivity (Wildman–Crippen MR) is 52.0 cm³/mol. The lowest BCUT2D eigenvalue weighted by Crippen LogP contribution is -2.02. The molecule has 74 valence electrons. The van der Waals surface area contributed by atoms with Gasteiger partial charge in [0.15, 0.2) is 6.61 Å². The Morgan fingerprint density at radius 2 is 2.31 bits per heavy atom. The van der Waals surface area contributed by atoms with E-state index < -0.39 is 5.97 Å². The molecule has 13 heavy (non-hydrogen) atoms. The maximum atomic E-state index is 9.99. The van der Waals surface area contributed by atoms with E-state index in [1.165, 1.54) is 11.8 Å². The summed E-state index contributed by atoms with van der Waals surface area (Å²) in [5.74, 6) is -1.01. The number of carbonyl (C=O) groups is 1. The third-order valence-corrected chi connectivity index (χ3v) is 1.51. The van der Waals surface area contributed by atoms with Crippen LogP contribution in [0.1, 0.15) is 6.42 Å². The van der Waals surface area contributed by atoms with Crippen LogP contribution in [0.15, 0.2) is 23.9 Å². The van der Waals surface area contributed by atoms with E-state index in [1.54, 1.807) is 12.2 Å². The maximum Gasteiger partial charge on any atom is 0.341 e. The van der Waals surface area contributed by atoms with Crippen molar-refractivity contribution < 1.29 is 14.6 Å². The summed E-state index contributed by atoms with van der Waals surface area (Å²) in [6.45, 7) is -0.338. The number of hydrogen-bond acceptors (Lipinski definition) is 2. The number of allylic oxidation sites excluding steroid dienone is 2. The number of rotatable bonds is 6. The zero-order valence-electron chi connectivity index (χ0n) is 6.82. The number of aliphatic carboxylic acids is 1. The Morgan fingerprint density at radius 3 is 2.85 bits per heavy atom. The molecule has 0 radical (unpaired) electrons. The van der Waals surface area contributed by atoms with Gasteiger partial charge >= 0.3 is 5.97 Å². The molecular weight excluding hydrogens is 215 g/mol. The summed E-state index contributed by atoms with van der Waals surface area (Å²) in [7, 11) is 0. The first kappa shape index (κ1) is 12.3. The van der Waals surface area contributed by atoms with E-state index in [9.17, 15) is 4.79 Å². The Bertz CT molecular complexity index is 202. The number of carboxylic acids is 1. The number of hydrogen-bond donors (Lipinski definition) is 1. The van der Waals surface area contributed by atoms with Crippen LogP contribution in [-0.4, -0.2) is 23.1 Å². The van der Waals surface area contributed by atoms with Crippen LogP contribution in [0.3, 0.4) is 0 Å². The van der Waals surface area contributed by atoms with Gasteiger partial charge in [-0.25, -0.2) is 4.79 Å². The number of halogens is 2. The summed E-state index contributed by atoms with van der Waals surface area (Å²) in [4.78, 5) is 9.99. The molecule has 0 bridgehead atoms. The third kappa shape index (κ3) is 9.24. The summed E-state index contributed by atoms with van der Waals surface area (Å²) < 4.78 is 4.63. The van der Waals surface area contributed by atoms with E-state index in [-0.39, 0.29) is 12.0 Å². The number of alkyl halides is 1. The van der Waals surface area contributed by atoms with E-state index in [0.29, 0.717) is 6.42 Å². The van der Waals surface area contributed by atoms with Gasteiger partial charge in [0.05, 0.1) is 11.6 Å². The number of ether oxygens (including phenoxy) is 1. The minimum Gasteiger partial charge on any atom is -0.490 e. The largest absolute Gasteiger partial charge is 0.490 e. The van der Waals surface area contributed by atoms with Crippen LogP contribution in [0.25, 0.3) is 0 Å². The van der Waals surface area contributed by atoms with E-state index in [2.05, 4.69) is 4.74 Å². The van der Waals surface area contributed by atoms with Gasteiger partial charge in [-0.15, -0.1) is 11.6 Å². The normalized spacial score (nSPS) is 13.7. The summed E-state index contributed by atoms with van der Waals surface area (Å²) in [5.41, 5.74) is 1.34. The molecule has 1 atom stereocenters. The average molecular weight is 225 g/mol. The Labute approximate surface area is 86.6 Å². The van der Waals surface area contributed by atoms with Crippen molar-refractivity contribution in [2.45, 2.75) is 11.8 Å². The van der Waals surface area contributed by atoms with Gasteiger partial charge in [-0.1, -0.05) is 17.7 Å². The van der Waals surface area contributed by atoms with Crippen molar-refractivity contribution in [2.75, 3.05) is 6.61 Å². The average Bonchev–Trinajstić information content (AvgIpc) is 2.03. The van der Waals surface area contributed by atoms with Crippen LogP contribution in [0.5, 0.6) is 0 Å². The molecule has 0 aliphatic heterocycles. The first-order valence-corrected chi connectivity index (χ1v) is 4.43. The molecule has 0 aromatic heterocycles. The van der Waals surface area contributed by atoms with Crippen molar-refractivity contribution in [3.63, 3.8) is 0 Å². The van der Waals surface area contributed by atoms with E-state index in [0.717, 1.165) is 0 Å². The molecule has 3 nitrogen and oxygen atoms in total. The molecule has 0 amide bonds. The van der Waals surface area contributed by atoms with Gasteiger partial charge in [0.2, 0.25) is 0 Å². The summed E-state index contributed by atoms with van der Waals surface area (Å²) in [6, 6.07) is 0. The van der Waals surface area contributed by atoms with E-state index >= 15 is 0 Å². The lowest BCUT2D eigenvalue weighted by atomic mass is 10.3. The van der Waals surface area contributed by atoms with Crippen molar-refractivity contribution in [3.8, 4) is 0 Å². The molecular formula is C8H10Cl2O3. The Kier molecular flexibility index (Phi) is 7.54. The summed E-state index contributed by atoms with van der Waals surface area (Å²) in [5, 5.41) is 8.00. The molecule has 1 N–H and O–H groups in total. The fraction of sp³-hybridized carbons (Fsp3) is 0.375. The van der Waals surface area contributed by atoms with Crippen LogP contribution < -0.4 is 0 Å². The van der Waals surface area contributed by atoms with Crippen molar-refractivity contribution in [1.82, 2.24) is 0 Å². The lowest BCUT2D eigenvalue weighted by Gasteiger charge is -1.97. The van der Waals surface area contributed by atoms with Gasteiger partial charge in [0.25, 0.3) is 0 Å².